The van der Waals surface area contributed by atoms with Gasteiger partial charge in [-0.3, -0.25) is 0 Å². The normalized spacial score (nSPS) is 26.8. The molecule has 1 aliphatic heterocycles. The molecule has 3 heteroatoms. The maximum atomic E-state index is 14.7. The fraction of sp³-hybridized carbons (Fsp3) is 0.667. The van der Waals surface area contributed by atoms with Gasteiger partial charge in [-0.2, -0.15) is 0 Å². The number of carbonyl (C=O) groups excluding carboxylic acids is 1. The van der Waals surface area contributed by atoms with E-state index in [4.69, 9.17) is 4.74 Å². The van der Waals surface area contributed by atoms with Crippen molar-refractivity contribution >= 4 is 5.97 Å². The molecule has 24 heavy (non-hydrogen) atoms. The van der Waals surface area contributed by atoms with Crippen molar-refractivity contribution < 1.29 is 13.9 Å². The standard InChI is InChI=1S/C21H29FO2/c1-3-4-15-5-7-16(8-6-15)9-10-17-11-12-18-13-14(2)24-21(23)19(18)20(17)22/h11-12,14-16H,3-10,13H2,1-2H3. The van der Waals surface area contributed by atoms with Crippen molar-refractivity contribution in [3.8, 4) is 0 Å². The lowest BCUT2D eigenvalue weighted by Gasteiger charge is -2.28. The van der Waals surface area contributed by atoms with Gasteiger partial charge in [0.15, 0.2) is 0 Å². The number of carbonyl (C=O) groups is 1. The predicted octanol–water partition coefficient (Wildman–Crippen LogP) is 5.47. The maximum absolute atomic E-state index is 14.7. The maximum Gasteiger partial charge on any atom is 0.341 e. The van der Waals surface area contributed by atoms with Gasteiger partial charge < -0.3 is 4.74 Å². The lowest BCUT2D eigenvalue weighted by atomic mass is 9.78. The van der Waals surface area contributed by atoms with Crippen LogP contribution in [0, 0.1) is 17.7 Å². The molecule has 0 amide bonds. The molecule has 1 aliphatic carbocycles. The largest absolute Gasteiger partial charge is 0.459 e. The first-order chi connectivity index (χ1) is 11.6. The van der Waals surface area contributed by atoms with Crippen molar-refractivity contribution in [2.45, 2.75) is 77.7 Å². The number of esters is 1. The van der Waals surface area contributed by atoms with Crippen molar-refractivity contribution in [3.63, 3.8) is 0 Å². The van der Waals surface area contributed by atoms with Gasteiger partial charge in [0.2, 0.25) is 0 Å². The summed E-state index contributed by atoms with van der Waals surface area (Å²) in [6.45, 7) is 4.11. The third-order valence-corrected chi connectivity index (χ3v) is 5.81. The first-order valence-electron chi connectivity index (χ1n) is 9.59. The molecule has 2 nitrogen and oxygen atoms in total. The van der Waals surface area contributed by atoms with Crippen LogP contribution in [0.3, 0.4) is 0 Å². The van der Waals surface area contributed by atoms with E-state index in [0.717, 1.165) is 24.3 Å². The van der Waals surface area contributed by atoms with E-state index in [2.05, 4.69) is 6.92 Å². The van der Waals surface area contributed by atoms with Crippen LogP contribution in [0.15, 0.2) is 12.1 Å². The van der Waals surface area contributed by atoms with Crippen LogP contribution in [-0.2, 0) is 17.6 Å². The Balaban J connectivity index is 1.61. The smallest absolute Gasteiger partial charge is 0.341 e. The molecule has 1 heterocycles. The highest BCUT2D eigenvalue weighted by Gasteiger charge is 2.28. The Labute approximate surface area is 144 Å². The summed E-state index contributed by atoms with van der Waals surface area (Å²) in [5.41, 5.74) is 1.65. The van der Waals surface area contributed by atoms with Crippen LogP contribution in [0.4, 0.5) is 4.39 Å². The molecule has 3 rings (SSSR count). The summed E-state index contributed by atoms with van der Waals surface area (Å²) in [6, 6.07) is 3.80. The molecule has 0 aromatic heterocycles. The Morgan fingerprint density at radius 2 is 1.79 bits per heavy atom. The monoisotopic (exact) mass is 332 g/mol. The van der Waals surface area contributed by atoms with Crippen LogP contribution in [0.5, 0.6) is 0 Å². The molecule has 1 aromatic rings. The van der Waals surface area contributed by atoms with E-state index in [-0.39, 0.29) is 17.5 Å². The van der Waals surface area contributed by atoms with Crippen LogP contribution in [-0.4, -0.2) is 12.1 Å². The van der Waals surface area contributed by atoms with Gasteiger partial charge in [0, 0.05) is 6.42 Å². The minimum absolute atomic E-state index is 0.159. The van der Waals surface area contributed by atoms with E-state index in [1.165, 1.54) is 38.5 Å². The lowest BCUT2D eigenvalue weighted by Crippen LogP contribution is -2.26. The minimum atomic E-state index is -0.497. The zero-order valence-electron chi connectivity index (χ0n) is 14.9. The molecule has 1 atom stereocenters. The SMILES string of the molecule is CCCC1CCC(CCc2ccc3c(c2F)C(=O)OC(C)C3)CC1. The lowest BCUT2D eigenvalue weighted by molar-refractivity contribution is 0.0294. The average Bonchev–Trinajstić information content (AvgIpc) is 2.55. The number of hydrogen-bond donors (Lipinski definition) is 0. The summed E-state index contributed by atoms with van der Waals surface area (Å²) >= 11 is 0. The zero-order chi connectivity index (χ0) is 17.1. The van der Waals surface area contributed by atoms with E-state index in [9.17, 15) is 9.18 Å². The Morgan fingerprint density at radius 1 is 1.12 bits per heavy atom. The molecule has 0 radical (unpaired) electrons. The third kappa shape index (κ3) is 3.81. The highest BCUT2D eigenvalue weighted by molar-refractivity contribution is 5.92. The molecule has 0 N–H and O–H groups in total. The second-order valence-corrected chi connectivity index (χ2v) is 7.71. The van der Waals surface area contributed by atoms with Crippen LogP contribution < -0.4 is 0 Å². The van der Waals surface area contributed by atoms with Gasteiger partial charge in [0.25, 0.3) is 0 Å². The third-order valence-electron chi connectivity index (χ3n) is 5.81. The second-order valence-electron chi connectivity index (χ2n) is 7.71. The van der Waals surface area contributed by atoms with E-state index < -0.39 is 5.97 Å². The van der Waals surface area contributed by atoms with Crippen molar-refractivity contribution in [1.29, 1.82) is 0 Å². The molecule has 1 unspecified atom stereocenters. The molecule has 0 spiro atoms. The molecule has 0 bridgehead atoms. The Hall–Kier alpha value is -1.38. The predicted molar refractivity (Wildman–Crippen MR) is 93.7 cm³/mol. The Morgan fingerprint density at radius 3 is 2.46 bits per heavy atom. The summed E-state index contributed by atoms with van der Waals surface area (Å²) in [7, 11) is 0. The van der Waals surface area contributed by atoms with E-state index in [1.807, 2.05) is 19.1 Å². The number of fused-ring (bicyclic) bond motifs is 1. The first-order valence-corrected chi connectivity index (χ1v) is 9.59. The average molecular weight is 332 g/mol. The van der Waals surface area contributed by atoms with Gasteiger partial charge in [-0.15, -0.1) is 0 Å². The van der Waals surface area contributed by atoms with Gasteiger partial charge in [0.05, 0.1) is 5.56 Å². The number of rotatable bonds is 5. The summed E-state index contributed by atoms with van der Waals surface area (Å²) < 4.78 is 19.9. The quantitative estimate of drug-likeness (QED) is 0.669. The fourth-order valence-electron chi connectivity index (χ4n) is 4.41. The van der Waals surface area contributed by atoms with Crippen molar-refractivity contribution in [2.75, 3.05) is 0 Å². The van der Waals surface area contributed by atoms with Crippen molar-refractivity contribution in [2.24, 2.45) is 11.8 Å². The summed E-state index contributed by atoms with van der Waals surface area (Å²) in [5, 5.41) is 0. The Bertz CT molecular complexity index is 588. The molecule has 1 fully saturated rings. The van der Waals surface area contributed by atoms with Crippen LogP contribution >= 0.6 is 0 Å². The van der Waals surface area contributed by atoms with Crippen LogP contribution in [0.25, 0.3) is 0 Å². The fourth-order valence-corrected chi connectivity index (χ4v) is 4.41. The van der Waals surface area contributed by atoms with Crippen molar-refractivity contribution in [1.82, 2.24) is 0 Å². The number of aryl methyl sites for hydroxylation is 1. The minimum Gasteiger partial charge on any atom is -0.459 e. The van der Waals surface area contributed by atoms with Crippen LogP contribution in [0.1, 0.15) is 80.3 Å². The highest BCUT2D eigenvalue weighted by atomic mass is 19.1. The molecule has 2 aliphatic rings. The number of hydrogen-bond acceptors (Lipinski definition) is 2. The molecule has 0 saturated heterocycles. The van der Waals surface area contributed by atoms with Gasteiger partial charge in [-0.1, -0.05) is 57.6 Å². The summed E-state index contributed by atoms with van der Waals surface area (Å²) in [6.07, 6.45) is 10.0. The Kier molecular flexibility index (Phi) is 5.57. The molecule has 1 aromatic carbocycles. The molecule has 1 saturated carbocycles. The van der Waals surface area contributed by atoms with Crippen LogP contribution in [0.2, 0.25) is 0 Å². The number of benzene rings is 1. The van der Waals surface area contributed by atoms with E-state index >= 15 is 0 Å². The van der Waals surface area contributed by atoms with Gasteiger partial charge in [-0.05, 0) is 42.7 Å². The molecule has 132 valence electrons. The van der Waals surface area contributed by atoms with E-state index in [0.29, 0.717) is 17.9 Å². The van der Waals surface area contributed by atoms with Gasteiger partial charge in [0.1, 0.15) is 11.9 Å². The topological polar surface area (TPSA) is 26.3 Å². The van der Waals surface area contributed by atoms with Gasteiger partial charge >= 0.3 is 5.97 Å². The van der Waals surface area contributed by atoms with Crippen molar-refractivity contribution in [3.05, 3.63) is 34.6 Å². The van der Waals surface area contributed by atoms with E-state index in [1.54, 1.807) is 0 Å². The number of ether oxygens (including phenoxy) is 1. The zero-order valence-corrected chi connectivity index (χ0v) is 14.9. The first kappa shape index (κ1) is 17.4. The summed E-state index contributed by atoms with van der Waals surface area (Å²) in [4.78, 5) is 12.0. The molecular weight excluding hydrogens is 303 g/mol. The summed E-state index contributed by atoms with van der Waals surface area (Å²) in [5.74, 6) is 0.774. The van der Waals surface area contributed by atoms with Gasteiger partial charge in [-0.25, -0.2) is 9.18 Å². The number of halogens is 1. The molecular formula is C21H29FO2. The second kappa shape index (κ2) is 7.67. The highest BCUT2D eigenvalue weighted by Crippen LogP contribution is 2.34. The number of cyclic esters (lactones) is 1.